The molecule has 0 saturated carbocycles. The van der Waals surface area contributed by atoms with E-state index in [2.05, 4.69) is 40.9 Å². The Bertz CT molecular complexity index is 608. The average Bonchev–Trinajstić information content (AvgIpc) is 3.00. The molecule has 118 valence electrons. The first kappa shape index (κ1) is 16.4. The van der Waals surface area contributed by atoms with Crippen LogP contribution in [-0.4, -0.2) is 28.6 Å². The van der Waals surface area contributed by atoms with Gasteiger partial charge in [0.1, 0.15) is 17.2 Å². The van der Waals surface area contributed by atoms with Crippen molar-refractivity contribution in [2.45, 2.75) is 33.1 Å². The van der Waals surface area contributed by atoms with Crippen LogP contribution < -0.4 is 10.1 Å². The zero-order valence-electron chi connectivity index (χ0n) is 13.1. The van der Waals surface area contributed by atoms with Gasteiger partial charge in [-0.1, -0.05) is 37.4 Å². The molecule has 1 aromatic heterocycles. The van der Waals surface area contributed by atoms with Crippen molar-refractivity contribution in [2.24, 2.45) is 0 Å². The van der Waals surface area contributed by atoms with E-state index >= 15 is 0 Å². The first-order chi connectivity index (χ1) is 10.6. The number of rotatable bonds is 7. The summed E-state index contributed by atoms with van der Waals surface area (Å²) in [6, 6.07) is 8.04. The quantitative estimate of drug-likeness (QED) is 0.797. The van der Waals surface area contributed by atoms with E-state index in [9.17, 15) is 4.79 Å². The predicted molar refractivity (Wildman–Crippen MR) is 87.6 cm³/mol. The summed E-state index contributed by atoms with van der Waals surface area (Å²) in [5.74, 6) is 1.19. The molecule has 2 aromatic rings. The number of nitrogens with one attached hydrogen (secondary N) is 1. The minimum absolute atomic E-state index is 0.134. The van der Waals surface area contributed by atoms with Gasteiger partial charge in [-0.25, -0.2) is 0 Å². The summed E-state index contributed by atoms with van der Waals surface area (Å²) in [7, 11) is 0. The van der Waals surface area contributed by atoms with Gasteiger partial charge in [-0.15, -0.1) is 5.10 Å². The van der Waals surface area contributed by atoms with Crippen molar-refractivity contribution in [3.8, 4) is 5.75 Å². The van der Waals surface area contributed by atoms with Gasteiger partial charge in [-0.3, -0.25) is 4.79 Å². The van der Waals surface area contributed by atoms with Gasteiger partial charge < -0.3 is 10.1 Å². The molecule has 0 spiro atoms. The number of nitrogens with zero attached hydrogens (tertiary/aromatic N) is 2. The number of hydrogen-bond acceptors (Lipinski definition) is 5. The summed E-state index contributed by atoms with van der Waals surface area (Å²) in [6.07, 6.45) is 0.706. The largest absolute Gasteiger partial charge is 0.492 e. The van der Waals surface area contributed by atoms with Crippen molar-refractivity contribution in [1.29, 1.82) is 0 Å². The number of benzene rings is 1. The van der Waals surface area contributed by atoms with Gasteiger partial charge in [0.05, 0.1) is 12.2 Å². The maximum Gasteiger partial charge on any atom is 0.265 e. The number of carbonyl (C=O) groups excluding carboxylic acids is 1. The van der Waals surface area contributed by atoms with Crippen molar-refractivity contribution < 1.29 is 9.53 Å². The maximum atomic E-state index is 12.0. The van der Waals surface area contributed by atoms with Crippen molar-refractivity contribution in [3.63, 3.8) is 0 Å². The van der Waals surface area contributed by atoms with Crippen LogP contribution in [0.4, 0.5) is 0 Å². The molecular formula is C16H21N3O2S. The van der Waals surface area contributed by atoms with Crippen LogP contribution in [0.5, 0.6) is 5.75 Å². The molecular weight excluding hydrogens is 298 g/mol. The van der Waals surface area contributed by atoms with Gasteiger partial charge in [0.2, 0.25) is 0 Å². The van der Waals surface area contributed by atoms with Crippen LogP contribution in [0, 0.1) is 0 Å². The molecule has 0 unspecified atom stereocenters. The van der Waals surface area contributed by atoms with Crippen LogP contribution in [-0.2, 0) is 6.42 Å². The fourth-order valence-electron chi connectivity index (χ4n) is 1.98. The molecule has 2 rings (SSSR count). The number of aryl methyl sites for hydroxylation is 1. The first-order valence-electron chi connectivity index (χ1n) is 7.44. The summed E-state index contributed by atoms with van der Waals surface area (Å²) in [5.41, 5.74) is 2.03. The highest BCUT2D eigenvalue weighted by atomic mass is 32.1. The summed E-state index contributed by atoms with van der Waals surface area (Å²) in [4.78, 5) is 12.6. The zero-order valence-corrected chi connectivity index (χ0v) is 13.9. The predicted octanol–water partition coefficient (Wildman–Crippen LogP) is 3.03. The molecule has 0 atom stereocenters. The van der Waals surface area contributed by atoms with Crippen LogP contribution in [0.3, 0.4) is 0 Å². The Morgan fingerprint density at radius 1 is 1.32 bits per heavy atom. The molecule has 0 saturated heterocycles. The molecule has 22 heavy (non-hydrogen) atoms. The second kappa shape index (κ2) is 7.89. The van der Waals surface area contributed by atoms with Crippen molar-refractivity contribution in [1.82, 2.24) is 14.9 Å². The number of amides is 1. The third kappa shape index (κ3) is 4.27. The summed E-state index contributed by atoms with van der Waals surface area (Å²) in [5, 5.41) is 6.76. The number of aromatic nitrogens is 2. The molecule has 1 N–H and O–H groups in total. The topological polar surface area (TPSA) is 64.1 Å². The highest BCUT2D eigenvalue weighted by Gasteiger charge is 2.14. The van der Waals surface area contributed by atoms with E-state index in [4.69, 9.17) is 4.74 Å². The lowest BCUT2D eigenvalue weighted by molar-refractivity contribution is 0.0950. The van der Waals surface area contributed by atoms with Gasteiger partial charge in [0.15, 0.2) is 0 Å². The Kier molecular flexibility index (Phi) is 5.89. The van der Waals surface area contributed by atoms with E-state index in [0.717, 1.165) is 23.0 Å². The van der Waals surface area contributed by atoms with Crippen molar-refractivity contribution >= 4 is 17.4 Å². The Morgan fingerprint density at radius 2 is 2.05 bits per heavy atom. The van der Waals surface area contributed by atoms with Gasteiger partial charge in [0.25, 0.3) is 5.91 Å². The van der Waals surface area contributed by atoms with E-state index in [0.29, 0.717) is 30.4 Å². The second-order valence-electron chi connectivity index (χ2n) is 5.23. The van der Waals surface area contributed by atoms with E-state index in [1.807, 2.05) is 19.1 Å². The minimum Gasteiger partial charge on any atom is -0.492 e. The number of hydrogen-bond donors (Lipinski definition) is 1. The highest BCUT2D eigenvalue weighted by molar-refractivity contribution is 7.08. The normalized spacial score (nSPS) is 10.7. The minimum atomic E-state index is -0.134. The Balaban J connectivity index is 1.76. The standard InChI is InChI=1S/C16H21N3O2S/c1-4-14-15(22-19-18-14)16(20)17-9-10-21-13-7-5-12(6-8-13)11(2)3/h5-8,11H,4,9-10H2,1-3H3,(H,17,20). The highest BCUT2D eigenvalue weighted by Crippen LogP contribution is 2.18. The number of carbonyl (C=O) groups is 1. The van der Waals surface area contributed by atoms with Crippen LogP contribution in [0.25, 0.3) is 0 Å². The van der Waals surface area contributed by atoms with Gasteiger partial charge in [0, 0.05) is 0 Å². The molecule has 0 bridgehead atoms. The van der Waals surface area contributed by atoms with Crippen LogP contribution >= 0.6 is 11.5 Å². The van der Waals surface area contributed by atoms with E-state index < -0.39 is 0 Å². The van der Waals surface area contributed by atoms with Gasteiger partial charge in [-0.05, 0) is 41.6 Å². The molecule has 0 fully saturated rings. The summed E-state index contributed by atoms with van der Waals surface area (Å²) < 4.78 is 9.43. The van der Waals surface area contributed by atoms with Crippen molar-refractivity contribution in [3.05, 3.63) is 40.4 Å². The lowest BCUT2D eigenvalue weighted by Gasteiger charge is -2.09. The fraction of sp³-hybridized carbons (Fsp3) is 0.438. The third-order valence-corrected chi connectivity index (χ3v) is 4.07. The van der Waals surface area contributed by atoms with Gasteiger partial charge in [-0.2, -0.15) is 0 Å². The monoisotopic (exact) mass is 319 g/mol. The third-order valence-electron chi connectivity index (χ3n) is 3.30. The SMILES string of the molecule is CCc1nnsc1C(=O)NCCOc1ccc(C(C)C)cc1. The smallest absolute Gasteiger partial charge is 0.265 e. The molecule has 0 aliphatic heterocycles. The van der Waals surface area contributed by atoms with E-state index in [1.165, 1.54) is 5.56 Å². The molecule has 6 heteroatoms. The Labute approximate surface area is 134 Å². The number of ether oxygens (including phenoxy) is 1. The molecule has 1 amide bonds. The van der Waals surface area contributed by atoms with Crippen molar-refractivity contribution in [2.75, 3.05) is 13.2 Å². The van der Waals surface area contributed by atoms with E-state index in [-0.39, 0.29) is 5.91 Å². The van der Waals surface area contributed by atoms with E-state index in [1.54, 1.807) is 0 Å². The zero-order chi connectivity index (χ0) is 15.9. The van der Waals surface area contributed by atoms with Crippen LogP contribution in [0.1, 0.15) is 47.6 Å². The van der Waals surface area contributed by atoms with Gasteiger partial charge >= 0.3 is 0 Å². The molecule has 1 aromatic carbocycles. The molecule has 0 radical (unpaired) electrons. The molecule has 1 heterocycles. The maximum absolute atomic E-state index is 12.0. The lowest BCUT2D eigenvalue weighted by atomic mass is 10.0. The molecule has 0 aliphatic rings. The summed E-state index contributed by atoms with van der Waals surface area (Å²) >= 11 is 1.13. The Morgan fingerprint density at radius 3 is 2.68 bits per heavy atom. The average molecular weight is 319 g/mol. The van der Waals surface area contributed by atoms with Crippen LogP contribution in [0.2, 0.25) is 0 Å². The fourth-order valence-corrected chi connectivity index (χ4v) is 2.64. The Hall–Kier alpha value is -1.95. The van der Waals surface area contributed by atoms with Crippen LogP contribution in [0.15, 0.2) is 24.3 Å². The molecule has 0 aliphatic carbocycles. The first-order valence-corrected chi connectivity index (χ1v) is 8.21. The lowest BCUT2D eigenvalue weighted by Crippen LogP contribution is -2.28. The second-order valence-corrected chi connectivity index (χ2v) is 5.98. The molecule has 5 nitrogen and oxygen atoms in total. The summed E-state index contributed by atoms with van der Waals surface area (Å²) in [6.45, 7) is 7.15.